The first-order valence-corrected chi connectivity index (χ1v) is 5.37. The van der Waals surface area contributed by atoms with Gasteiger partial charge in [-0.2, -0.15) is 0 Å². The SMILES string of the molecule is Cc1cnc2[nH]c(-c3cc[nH]c3)cc(=O)c2c1. The normalized spacial score (nSPS) is 10.9. The van der Waals surface area contributed by atoms with Crippen LogP contribution in [0.5, 0.6) is 0 Å². The Morgan fingerprint density at radius 2 is 2.18 bits per heavy atom. The molecule has 0 radical (unpaired) electrons. The topological polar surface area (TPSA) is 61.5 Å². The van der Waals surface area contributed by atoms with Gasteiger partial charge in [0, 0.05) is 30.2 Å². The van der Waals surface area contributed by atoms with Crippen molar-refractivity contribution in [2.24, 2.45) is 0 Å². The van der Waals surface area contributed by atoms with Crippen LogP contribution in [0.25, 0.3) is 22.3 Å². The van der Waals surface area contributed by atoms with Gasteiger partial charge in [-0.1, -0.05) is 0 Å². The van der Waals surface area contributed by atoms with Gasteiger partial charge in [-0.3, -0.25) is 4.79 Å². The maximum atomic E-state index is 12.0. The highest BCUT2D eigenvalue weighted by atomic mass is 16.1. The Morgan fingerprint density at radius 3 is 2.94 bits per heavy atom. The van der Waals surface area contributed by atoms with Crippen molar-refractivity contribution in [2.75, 3.05) is 0 Å². The van der Waals surface area contributed by atoms with Gasteiger partial charge in [0.1, 0.15) is 5.65 Å². The van der Waals surface area contributed by atoms with Crippen LogP contribution in [0.4, 0.5) is 0 Å². The van der Waals surface area contributed by atoms with Crippen molar-refractivity contribution in [3.63, 3.8) is 0 Å². The van der Waals surface area contributed by atoms with E-state index in [1.807, 2.05) is 31.5 Å². The zero-order chi connectivity index (χ0) is 11.8. The molecule has 0 aromatic carbocycles. The van der Waals surface area contributed by atoms with E-state index in [4.69, 9.17) is 0 Å². The number of nitrogens with one attached hydrogen (secondary N) is 2. The minimum atomic E-state index is -0.00819. The summed E-state index contributed by atoms with van der Waals surface area (Å²) in [5.41, 5.74) is 3.33. The molecule has 0 aliphatic rings. The van der Waals surface area contributed by atoms with Gasteiger partial charge in [0.2, 0.25) is 0 Å². The summed E-state index contributed by atoms with van der Waals surface area (Å²) in [6.07, 6.45) is 5.41. The third-order valence-corrected chi connectivity index (χ3v) is 2.73. The Labute approximate surface area is 97.3 Å². The number of aryl methyl sites for hydroxylation is 1. The van der Waals surface area contributed by atoms with Crippen molar-refractivity contribution in [1.29, 1.82) is 0 Å². The summed E-state index contributed by atoms with van der Waals surface area (Å²) in [6.45, 7) is 1.92. The van der Waals surface area contributed by atoms with Crippen LogP contribution in [0, 0.1) is 6.92 Å². The summed E-state index contributed by atoms with van der Waals surface area (Å²) >= 11 is 0. The van der Waals surface area contributed by atoms with E-state index in [0.29, 0.717) is 11.0 Å². The molecule has 0 bridgehead atoms. The highest BCUT2D eigenvalue weighted by Gasteiger charge is 2.05. The van der Waals surface area contributed by atoms with Crippen LogP contribution in [0.1, 0.15) is 5.56 Å². The summed E-state index contributed by atoms with van der Waals surface area (Å²) in [4.78, 5) is 22.4. The van der Waals surface area contributed by atoms with Crippen molar-refractivity contribution >= 4 is 11.0 Å². The van der Waals surface area contributed by atoms with E-state index >= 15 is 0 Å². The molecule has 0 spiro atoms. The van der Waals surface area contributed by atoms with E-state index < -0.39 is 0 Å². The number of hydrogen-bond acceptors (Lipinski definition) is 2. The fraction of sp³-hybridized carbons (Fsp3) is 0.0769. The number of H-pyrrole nitrogens is 2. The third kappa shape index (κ3) is 1.63. The van der Waals surface area contributed by atoms with Crippen LogP contribution in [0.15, 0.2) is 41.6 Å². The number of rotatable bonds is 1. The first-order chi connectivity index (χ1) is 8.24. The van der Waals surface area contributed by atoms with Crippen molar-refractivity contribution in [2.45, 2.75) is 6.92 Å². The van der Waals surface area contributed by atoms with Crippen LogP contribution < -0.4 is 5.43 Å². The Kier molecular flexibility index (Phi) is 2.08. The minimum Gasteiger partial charge on any atom is -0.367 e. The van der Waals surface area contributed by atoms with Gasteiger partial charge < -0.3 is 9.97 Å². The van der Waals surface area contributed by atoms with Gasteiger partial charge in [-0.15, -0.1) is 0 Å². The van der Waals surface area contributed by atoms with Crippen molar-refractivity contribution < 1.29 is 0 Å². The molecular formula is C13H11N3O. The third-order valence-electron chi connectivity index (χ3n) is 2.73. The lowest BCUT2D eigenvalue weighted by molar-refractivity contribution is 1.25. The summed E-state index contributed by atoms with van der Waals surface area (Å²) in [6, 6.07) is 5.36. The second-order valence-electron chi connectivity index (χ2n) is 4.06. The van der Waals surface area contributed by atoms with Crippen LogP contribution in [-0.2, 0) is 0 Å². The second-order valence-corrected chi connectivity index (χ2v) is 4.06. The lowest BCUT2D eigenvalue weighted by atomic mass is 10.1. The van der Waals surface area contributed by atoms with Gasteiger partial charge in [0.15, 0.2) is 5.43 Å². The average molecular weight is 225 g/mol. The molecule has 0 fully saturated rings. The van der Waals surface area contributed by atoms with Crippen LogP contribution in [-0.4, -0.2) is 15.0 Å². The Balaban J connectivity index is 2.32. The van der Waals surface area contributed by atoms with Crippen LogP contribution >= 0.6 is 0 Å². The van der Waals surface area contributed by atoms with Gasteiger partial charge in [0.25, 0.3) is 0 Å². The highest BCUT2D eigenvalue weighted by molar-refractivity contribution is 5.78. The molecule has 4 nitrogen and oxygen atoms in total. The molecule has 4 heteroatoms. The van der Waals surface area contributed by atoms with Gasteiger partial charge in [-0.05, 0) is 24.6 Å². The predicted molar refractivity (Wildman–Crippen MR) is 66.9 cm³/mol. The molecule has 3 aromatic rings. The van der Waals surface area contributed by atoms with Crippen molar-refractivity contribution in [3.05, 3.63) is 52.6 Å². The first kappa shape index (κ1) is 9.84. The van der Waals surface area contributed by atoms with Crippen LogP contribution in [0.2, 0.25) is 0 Å². The molecule has 3 rings (SSSR count). The van der Waals surface area contributed by atoms with E-state index in [1.54, 1.807) is 12.3 Å². The molecule has 0 saturated carbocycles. The smallest absolute Gasteiger partial charge is 0.191 e. The van der Waals surface area contributed by atoms with E-state index in [1.165, 1.54) is 0 Å². The minimum absolute atomic E-state index is 0.00819. The quantitative estimate of drug-likeness (QED) is 0.667. The molecule has 0 saturated heterocycles. The number of nitrogens with zero attached hydrogens (tertiary/aromatic N) is 1. The Bertz CT molecular complexity index is 726. The molecule has 0 aliphatic heterocycles. The molecule has 0 unspecified atom stereocenters. The zero-order valence-corrected chi connectivity index (χ0v) is 9.32. The maximum Gasteiger partial charge on any atom is 0.191 e. The number of aromatic amines is 2. The largest absolute Gasteiger partial charge is 0.367 e. The summed E-state index contributed by atoms with van der Waals surface area (Å²) in [5.74, 6) is 0. The molecular weight excluding hydrogens is 214 g/mol. The predicted octanol–water partition coefficient (Wildman–Crippen LogP) is 2.23. The maximum absolute atomic E-state index is 12.0. The number of aromatic nitrogens is 3. The lowest BCUT2D eigenvalue weighted by Crippen LogP contribution is -2.04. The summed E-state index contributed by atoms with van der Waals surface area (Å²) in [5, 5.41) is 0.629. The summed E-state index contributed by atoms with van der Waals surface area (Å²) < 4.78 is 0. The summed E-state index contributed by atoms with van der Waals surface area (Å²) in [7, 11) is 0. The molecule has 3 aromatic heterocycles. The molecule has 0 aliphatic carbocycles. The van der Waals surface area contributed by atoms with Crippen molar-refractivity contribution in [1.82, 2.24) is 15.0 Å². The molecule has 17 heavy (non-hydrogen) atoms. The average Bonchev–Trinajstić information content (AvgIpc) is 2.83. The molecule has 3 heterocycles. The van der Waals surface area contributed by atoms with E-state index in [9.17, 15) is 4.79 Å². The zero-order valence-electron chi connectivity index (χ0n) is 9.32. The molecule has 0 atom stereocenters. The number of hydrogen-bond donors (Lipinski definition) is 2. The molecule has 2 N–H and O–H groups in total. The lowest BCUT2D eigenvalue weighted by Gasteiger charge is -2.02. The van der Waals surface area contributed by atoms with Gasteiger partial charge >= 0.3 is 0 Å². The first-order valence-electron chi connectivity index (χ1n) is 5.37. The fourth-order valence-electron chi connectivity index (χ4n) is 1.88. The van der Waals surface area contributed by atoms with Crippen molar-refractivity contribution in [3.8, 4) is 11.3 Å². The number of fused-ring (bicyclic) bond motifs is 1. The molecule has 84 valence electrons. The Morgan fingerprint density at radius 1 is 1.29 bits per heavy atom. The highest BCUT2D eigenvalue weighted by Crippen LogP contribution is 2.16. The van der Waals surface area contributed by atoms with Gasteiger partial charge in [0.05, 0.1) is 11.1 Å². The second kappa shape index (κ2) is 3.59. The van der Waals surface area contributed by atoms with Crippen LogP contribution in [0.3, 0.4) is 0 Å². The van der Waals surface area contributed by atoms with E-state index in [0.717, 1.165) is 16.8 Å². The van der Waals surface area contributed by atoms with E-state index in [2.05, 4.69) is 15.0 Å². The standard InChI is InChI=1S/C13H11N3O/c1-8-4-10-12(17)5-11(9-2-3-14-7-9)16-13(10)15-6-8/h2-7,14H,1H3,(H,15,16,17). The number of pyridine rings is 2. The molecule has 0 amide bonds. The fourth-order valence-corrected chi connectivity index (χ4v) is 1.88. The Hall–Kier alpha value is -2.36. The van der Waals surface area contributed by atoms with E-state index in [-0.39, 0.29) is 5.43 Å². The monoisotopic (exact) mass is 225 g/mol. The van der Waals surface area contributed by atoms with Gasteiger partial charge in [-0.25, -0.2) is 4.98 Å².